The molecule has 98 valence electrons. The lowest BCUT2D eigenvalue weighted by molar-refractivity contribution is -0.385. The van der Waals surface area contributed by atoms with Gasteiger partial charge >= 0.3 is 0 Å². The van der Waals surface area contributed by atoms with Crippen molar-refractivity contribution in [3.05, 3.63) is 32.8 Å². The Morgan fingerprint density at radius 2 is 2.11 bits per heavy atom. The van der Waals surface area contributed by atoms with Crippen molar-refractivity contribution < 1.29 is 13.3 Å². The van der Waals surface area contributed by atoms with Crippen LogP contribution in [-0.4, -0.2) is 19.9 Å². The van der Waals surface area contributed by atoms with Crippen LogP contribution in [0.25, 0.3) is 0 Å². The molecule has 0 heterocycles. The maximum atomic E-state index is 11.9. The number of hydrogen-bond donors (Lipinski definition) is 1. The third-order valence-corrected chi connectivity index (χ3v) is 4.78. The van der Waals surface area contributed by atoms with E-state index in [0.29, 0.717) is 12.5 Å². The normalized spacial score (nSPS) is 15.6. The average Bonchev–Trinajstić information content (AvgIpc) is 3.10. The summed E-state index contributed by atoms with van der Waals surface area (Å²) >= 11 is 3.01. The molecule has 1 N–H and O–H groups in total. The maximum absolute atomic E-state index is 11.9. The molecule has 1 aliphatic carbocycles. The molecule has 1 aromatic carbocycles. The molecule has 0 amide bonds. The van der Waals surface area contributed by atoms with Crippen molar-refractivity contribution >= 4 is 31.6 Å². The van der Waals surface area contributed by atoms with Gasteiger partial charge in [-0.15, -0.1) is 0 Å². The summed E-state index contributed by atoms with van der Waals surface area (Å²) in [5, 5.41) is 10.7. The molecule has 6 nitrogen and oxygen atoms in total. The number of hydrogen-bond acceptors (Lipinski definition) is 4. The summed E-state index contributed by atoms with van der Waals surface area (Å²) in [4.78, 5) is 10.0. The van der Waals surface area contributed by atoms with Crippen molar-refractivity contribution in [2.45, 2.75) is 17.7 Å². The van der Waals surface area contributed by atoms with Crippen LogP contribution in [0.3, 0.4) is 0 Å². The van der Waals surface area contributed by atoms with Crippen LogP contribution in [0, 0.1) is 16.0 Å². The van der Waals surface area contributed by atoms with Crippen LogP contribution in [0.2, 0.25) is 0 Å². The molecule has 8 heteroatoms. The summed E-state index contributed by atoms with van der Waals surface area (Å²) in [7, 11) is -3.66. The van der Waals surface area contributed by atoms with E-state index in [-0.39, 0.29) is 15.1 Å². The molecule has 0 aliphatic heterocycles. The smallest absolute Gasteiger partial charge is 0.258 e. The zero-order chi connectivity index (χ0) is 13.3. The first-order chi connectivity index (χ1) is 8.40. The van der Waals surface area contributed by atoms with E-state index in [9.17, 15) is 18.5 Å². The Labute approximate surface area is 113 Å². The second-order valence-electron chi connectivity index (χ2n) is 4.17. The van der Waals surface area contributed by atoms with Crippen LogP contribution in [-0.2, 0) is 10.0 Å². The van der Waals surface area contributed by atoms with Crippen LogP contribution in [0.15, 0.2) is 27.6 Å². The lowest BCUT2D eigenvalue weighted by Gasteiger charge is -2.06. The molecule has 1 saturated carbocycles. The minimum absolute atomic E-state index is 0.0851. The van der Waals surface area contributed by atoms with Crippen LogP contribution >= 0.6 is 15.9 Å². The second-order valence-corrected chi connectivity index (χ2v) is 6.79. The van der Waals surface area contributed by atoms with Crippen molar-refractivity contribution in [2.75, 3.05) is 6.54 Å². The van der Waals surface area contributed by atoms with E-state index >= 15 is 0 Å². The maximum Gasteiger partial charge on any atom is 0.284 e. The quantitative estimate of drug-likeness (QED) is 0.659. The highest BCUT2D eigenvalue weighted by molar-refractivity contribution is 9.10. The first-order valence-corrected chi connectivity index (χ1v) is 7.61. The molecule has 0 radical (unpaired) electrons. The van der Waals surface area contributed by atoms with Gasteiger partial charge in [0.15, 0.2) is 0 Å². The average molecular weight is 335 g/mol. The van der Waals surface area contributed by atoms with Gasteiger partial charge in [-0.3, -0.25) is 10.1 Å². The van der Waals surface area contributed by atoms with Crippen LogP contribution < -0.4 is 4.72 Å². The monoisotopic (exact) mass is 334 g/mol. The molecule has 0 bridgehead atoms. The van der Waals surface area contributed by atoms with E-state index < -0.39 is 14.9 Å². The van der Waals surface area contributed by atoms with Crippen LogP contribution in [0.4, 0.5) is 5.69 Å². The summed E-state index contributed by atoms with van der Waals surface area (Å²) in [6, 6.07) is 3.76. The molecule has 1 fully saturated rings. The fraction of sp³-hybridized carbons (Fsp3) is 0.400. The first-order valence-electron chi connectivity index (χ1n) is 5.34. The third-order valence-electron chi connectivity index (χ3n) is 2.68. The number of nitro benzene ring substituents is 1. The third kappa shape index (κ3) is 3.06. The molecule has 0 saturated heterocycles. The Kier molecular flexibility index (Phi) is 3.69. The molecule has 0 aromatic heterocycles. The number of sulfonamides is 1. The van der Waals surface area contributed by atoms with Gasteiger partial charge in [0.25, 0.3) is 5.69 Å². The van der Waals surface area contributed by atoms with E-state index in [4.69, 9.17) is 0 Å². The number of nitrogens with zero attached hydrogens (tertiary/aromatic N) is 1. The fourth-order valence-electron chi connectivity index (χ4n) is 1.43. The van der Waals surface area contributed by atoms with E-state index in [1.807, 2.05) is 0 Å². The molecule has 1 aromatic rings. The predicted octanol–water partition coefficient (Wildman–Crippen LogP) is 2.05. The number of halogens is 1. The highest BCUT2D eigenvalue weighted by Gasteiger charge is 2.25. The molecule has 0 spiro atoms. The van der Waals surface area contributed by atoms with Gasteiger partial charge in [0.2, 0.25) is 10.0 Å². The van der Waals surface area contributed by atoms with Gasteiger partial charge in [0.1, 0.15) is 0 Å². The van der Waals surface area contributed by atoms with Gasteiger partial charge in [-0.2, -0.15) is 0 Å². The minimum Gasteiger partial charge on any atom is -0.258 e. The van der Waals surface area contributed by atoms with Crippen molar-refractivity contribution in [1.82, 2.24) is 4.72 Å². The molecule has 1 aliphatic rings. The molecule has 0 atom stereocenters. The van der Waals surface area contributed by atoms with Crippen molar-refractivity contribution in [3.63, 3.8) is 0 Å². The Morgan fingerprint density at radius 3 is 2.67 bits per heavy atom. The van der Waals surface area contributed by atoms with E-state index in [0.717, 1.165) is 18.9 Å². The lowest BCUT2D eigenvalue weighted by Crippen LogP contribution is -2.25. The minimum atomic E-state index is -3.66. The Bertz CT molecular complexity index is 584. The van der Waals surface area contributed by atoms with Crippen molar-refractivity contribution in [2.24, 2.45) is 5.92 Å². The summed E-state index contributed by atoms with van der Waals surface area (Å²) in [6.45, 7) is 0.395. The molecule has 18 heavy (non-hydrogen) atoms. The van der Waals surface area contributed by atoms with Gasteiger partial charge in [-0.25, -0.2) is 13.1 Å². The van der Waals surface area contributed by atoms with Gasteiger partial charge in [0, 0.05) is 12.6 Å². The van der Waals surface area contributed by atoms with Crippen molar-refractivity contribution in [1.29, 1.82) is 0 Å². The lowest BCUT2D eigenvalue weighted by atomic mass is 10.3. The predicted molar refractivity (Wildman–Crippen MR) is 68.7 cm³/mol. The molecular weight excluding hydrogens is 324 g/mol. The largest absolute Gasteiger partial charge is 0.284 e. The van der Waals surface area contributed by atoms with Crippen LogP contribution in [0.5, 0.6) is 0 Å². The number of nitro groups is 1. The van der Waals surface area contributed by atoms with E-state index in [2.05, 4.69) is 20.7 Å². The SMILES string of the molecule is O=[N+]([O-])c1cc(S(=O)(=O)NCC2CC2)ccc1Br. The topological polar surface area (TPSA) is 89.3 Å². The van der Waals surface area contributed by atoms with Gasteiger partial charge in [-0.1, -0.05) is 0 Å². The van der Waals surface area contributed by atoms with Gasteiger partial charge in [-0.05, 0) is 46.8 Å². The van der Waals surface area contributed by atoms with Gasteiger partial charge < -0.3 is 0 Å². The zero-order valence-electron chi connectivity index (χ0n) is 9.30. The standard InChI is InChI=1S/C10H11BrN2O4S/c11-9-4-3-8(5-10(9)13(14)15)18(16,17)12-6-7-1-2-7/h3-5,7,12H,1-2,6H2. The highest BCUT2D eigenvalue weighted by atomic mass is 79.9. The van der Waals surface area contributed by atoms with Crippen LogP contribution in [0.1, 0.15) is 12.8 Å². The number of benzene rings is 1. The Balaban J connectivity index is 2.25. The number of rotatable bonds is 5. The number of nitrogens with one attached hydrogen (secondary N) is 1. The fourth-order valence-corrected chi connectivity index (χ4v) is 2.96. The molecule has 2 rings (SSSR count). The molecular formula is C10H11BrN2O4S. The second kappa shape index (κ2) is 4.94. The summed E-state index contributed by atoms with van der Waals surface area (Å²) in [6.07, 6.45) is 2.06. The molecule has 0 unspecified atom stereocenters. The summed E-state index contributed by atoms with van der Waals surface area (Å²) in [5.74, 6) is 0.408. The summed E-state index contributed by atoms with van der Waals surface area (Å²) in [5.41, 5.74) is -0.260. The Morgan fingerprint density at radius 1 is 1.44 bits per heavy atom. The highest BCUT2D eigenvalue weighted by Crippen LogP contribution is 2.29. The van der Waals surface area contributed by atoms with E-state index in [1.165, 1.54) is 12.1 Å². The van der Waals surface area contributed by atoms with Crippen molar-refractivity contribution in [3.8, 4) is 0 Å². The Hall–Kier alpha value is -0.990. The zero-order valence-corrected chi connectivity index (χ0v) is 11.7. The van der Waals surface area contributed by atoms with E-state index in [1.54, 1.807) is 0 Å². The first kappa shape index (κ1) is 13.4. The summed E-state index contributed by atoms with van der Waals surface area (Å²) < 4.78 is 26.5. The van der Waals surface area contributed by atoms with Gasteiger partial charge in [0.05, 0.1) is 14.3 Å².